The molecular weight excluding hydrogens is 296 g/mol. The summed E-state index contributed by atoms with van der Waals surface area (Å²) < 4.78 is 5.06. The van der Waals surface area contributed by atoms with Crippen LogP contribution < -0.4 is 10.6 Å². The Hall–Kier alpha value is -2.37. The Morgan fingerprint density at radius 3 is 2.30 bits per heavy atom. The molecule has 3 amide bonds. The molecule has 0 saturated heterocycles. The third-order valence-corrected chi connectivity index (χ3v) is 3.25. The standard InChI is InChI=1S/C17H24N2O4/c1-10(2)18-17(22)19-16(21)13(5)23-15(20)9-14-7-6-11(3)12(4)8-14/h6-8,10,13H,9H2,1-5H3,(H2,18,19,21,22)/t13-/m1/s1. The highest BCUT2D eigenvalue weighted by Gasteiger charge is 2.20. The molecule has 23 heavy (non-hydrogen) atoms. The van der Waals surface area contributed by atoms with Gasteiger partial charge in [-0.25, -0.2) is 4.79 Å². The number of imide groups is 1. The number of amides is 3. The first kappa shape index (κ1) is 18.7. The first-order valence-electron chi connectivity index (χ1n) is 7.56. The minimum atomic E-state index is -1.04. The summed E-state index contributed by atoms with van der Waals surface area (Å²) in [6, 6.07) is 5.00. The molecule has 0 fully saturated rings. The van der Waals surface area contributed by atoms with Crippen molar-refractivity contribution in [2.45, 2.75) is 53.2 Å². The van der Waals surface area contributed by atoms with Crippen LogP contribution in [0.2, 0.25) is 0 Å². The van der Waals surface area contributed by atoms with Gasteiger partial charge >= 0.3 is 12.0 Å². The Bertz CT molecular complexity index is 596. The topological polar surface area (TPSA) is 84.5 Å². The van der Waals surface area contributed by atoms with Crippen molar-refractivity contribution in [3.8, 4) is 0 Å². The Balaban J connectivity index is 2.50. The second kappa shape index (κ2) is 8.31. The zero-order valence-electron chi connectivity index (χ0n) is 14.2. The summed E-state index contributed by atoms with van der Waals surface area (Å²) in [5, 5.41) is 4.65. The smallest absolute Gasteiger partial charge is 0.321 e. The lowest BCUT2D eigenvalue weighted by atomic mass is 10.0. The maximum atomic E-state index is 11.9. The van der Waals surface area contributed by atoms with Crippen LogP contribution in [0, 0.1) is 13.8 Å². The summed E-state index contributed by atoms with van der Waals surface area (Å²) in [6.07, 6.45) is -0.955. The minimum Gasteiger partial charge on any atom is -0.452 e. The SMILES string of the molecule is Cc1ccc(CC(=O)O[C@H](C)C(=O)NC(=O)NC(C)C)cc1C. The summed E-state index contributed by atoms with van der Waals surface area (Å²) in [7, 11) is 0. The van der Waals surface area contributed by atoms with E-state index in [1.165, 1.54) is 6.92 Å². The highest BCUT2D eigenvalue weighted by atomic mass is 16.5. The Labute approximate surface area is 136 Å². The summed E-state index contributed by atoms with van der Waals surface area (Å²) in [5.74, 6) is -1.17. The van der Waals surface area contributed by atoms with Gasteiger partial charge in [0.25, 0.3) is 5.91 Å². The van der Waals surface area contributed by atoms with Gasteiger partial charge in [0.1, 0.15) is 0 Å². The van der Waals surface area contributed by atoms with Crippen LogP contribution in [0.5, 0.6) is 0 Å². The minimum absolute atomic E-state index is 0.0803. The first-order valence-corrected chi connectivity index (χ1v) is 7.56. The molecule has 1 aromatic rings. The monoisotopic (exact) mass is 320 g/mol. The lowest BCUT2D eigenvalue weighted by molar-refractivity contribution is -0.153. The van der Waals surface area contributed by atoms with E-state index in [9.17, 15) is 14.4 Å². The van der Waals surface area contributed by atoms with E-state index in [4.69, 9.17) is 4.74 Å². The third-order valence-electron chi connectivity index (χ3n) is 3.25. The van der Waals surface area contributed by atoms with Crippen molar-refractivity contribution in [3.63, 3.8) is 0 Å². The number of benzene rings is 1. The van der Waals surface area contributed by atoms with Crippen LogP contribution in [0.3, 0.4) is 0 Å². The zero-order valence-corrected chi connectivity index (χ0v) is 14.2. The first-order chi connectivity index (χ1) is 10.7. The molecule has 1 aromatic carbocycles. The predicted octanol–water partition coefficient (Wildman–Crippen LogP) is 2.01. The molecule has 0 aliphatic heterocycles. The lowest BCUT2D eigenvalue weighted by Crippen LogP contribution is -2.46. The van der Waals surface area contributed by atoms with E-state index in [1.54, 1.807) is 13.8 Å². The van der Waals surface area contributed by atoms with Gasteiger partial charge in [-0.3, -0.25) is 14.9 Å². The predicted molar refractivity (Wildman–Crippen MR) is 87.0 cm³/mol. The fraction of sp³-hybridized carbons (Fsp3) is 0.471. The van der Waals surface area contributed by atoms with E-state index in [0.717, 1.165) is 16.7 Å². The number of carbonyl (C=O) groups is 3. The fourth-order valence-corrected chi connectivity index (χ4v) is 1.88. The molecule has 0 aliphatic rings. The highest BCUT2D eigenvalue weighted by Crippen LogP contribution is 2.11. The number of ether oxygens (including phenoxy) is 1. The molecule has 0 unspecified atom stereocenters. The van der Waals surface area contributed by atoms with Gasteiger partial charge in [0.2, 0.25) is 0 Å². The molecule has 0 aliphatic carbocycles. The van der Waals surface area contributed by atoms with Gasteiger partial charge < -0.3 is 10.1 Å². The van der Waals surface area contributed by atoms with Crippen LogP contribution >= 0.6 is 0 Å². The molecule has 1 rings (SSSR count). The molecule has 0 radical (unpaired) electrons. The van der Waals surface area contributed by atoms with Crippen molar-refractivity contribution in [2.24, 2.45) is 0 Å². The summed E-state index contributed by atoms with van der Waals surface area (Å²) in [5.41, 5.74) is 3.06. The Morgan fingerprint density at radius 2 is 1.74 bits per heavy atom. The van der Waals surface area contributed by atoms with Crippen LogP contribution in [0.25, 0.3) is 0 Å². The summed E-state index contributed by atoms with van der Waals surface area (Å²) in [4.78, 5) is 35.1. The molecule has 6 nitrogen and oxygen atoms in total. The number of nitrogens with one attached hydrogen (secondary N) is 2. The summed E-state index contributed by atoms with van der Waals surface area (Å²) in [6.45, 7) is 8.93. The molecule has 1 atom stereocenters. The van der Waals surface area contributed by atoms with Crippen molar-refractivity contribution in [2.75, 3.05) is 0 Å². The average molecular weight is 320 g/mol. The number of carbonyl (C=O) groups excluding carboxylic acids is 3. The number of urea groups is 1. The number of rotatable bonds is 5. The van der Waals surface area contributed by atoms with Crippen LogP contribution in [-0.2, 0) is 20.7 Å². The molecule has 0 saturated carbocycles. The largest absolute Gasteiger partial charge is 0.452 e. The Kier molecular flexibility index (Phi) is 6.75. The highest BCUT2D eigenvalue weighted by molar-refractivity contribution is 5.97. The Morgan fingerprint density at radius 1 is 1.09 bits per heavy atom. The van der Waals surface area contributed by atoms with Gasteiger partial charge in [0, 0.05) is 6.04 Å². The van der Waals surface area contributed by atoms with E-state index in [2.05, 4.69) is 10.6 Å². The van der Waals surface area contributed by atoms with Gasteiger partial charge in [-0.1, -0.05) is 18.2 Å². The third kappa shape index (κ3) is 6.50. The summed E-state index contributed by atoms with van der Waals surface area (Å²) >= 11 is 0. The van der Waals surface area contributed by atoms with E-state index in [-0.39, 0.29) is 12.5 Å². The molecule has 6 heteroatoms. The number of aryl methyl sites for hydroxylation is 2. The molecule has 0 bridgehead atoms. The zero-order chi connectivity index (χ0) is 17.6. The van der Waals surface area contributed by atoms with Gasteiger partial charge in [-0.2, -0.15) is 0 Å². The van der Waals surface area contributed by atoms with Crippen molar-refractivity contribution in [1.82, 2.24) is 10.6 Å². The number of hydrogen-bond donors (Lipinski definition) is 2. The lowest BCUT2D eigenvalue weighted by Gasteiger charge is -2.14. The molecule has 2 N–H and O–H groups in total. The maximum Gasteiger partial charge on any atom is 0.321 e. The second-order valence-corrected chi connectivity index (χ2v) is 5.84. The van der Waals surface area contributed by atoms with E-state index >= 15 is 0 Å². The average Bonchev–Trinajstić information content (AvgIpc) is 2.41. The molecule has 0 spiro atoms. The normalized spacial score (nSPS) is 11.7. The van der Waals surface area contributed by atoms with Crippen LogP contribution in [0.1, 0.15) is 37.5 Å². The van der Waals surface area contributed by atoms with Gasteiger partial charge in [0.15, 0.2) is 6.10 Å². The van der Waals surface area contributed by atoms with Crippen LogP contribution in [0.4, 0.5) is 4.79 Å². The maximum absolute atomic E-state index is 11.9. The van der Waals surface area contributed by atoms with Crippen LogP contribution in [0.15, 0.2) is 18.2 Å². The molecule has 126 valence electrons. The van der Waals surface area contributed by atoms with Crippen LogP contribution in [-0.4, -0.2) is 30.1 Å². The molecule has 0 heterocycles. The molecule has 0 aromatic heterocycles. The second-order valence-electron chi connectivity index (χ2n) is 5.84. The molecular formula is C17H24N2O4. The number of hydrogen-bond acceptors (Lipinski definition) is 4. The number of esters is 1. The van der Waals surface area contributed by atoms with Gasteiger partial charge in [-0.15, -0.1) is 0 Å². The van der Waals surface area contributed by atoms with Crippen molar-refractivity contribution >= 4 is 17.9 Å². The van der Waals surface area contributed by atoms with Crippen molar-refractivity contribution < 1.29 is 19.1 Å². The quantitative estimate of drug-likeness (QED) is 0.813. The van der Waals surface area contributed by atoms with Gasteiger partial charge in [-0.05, 0) is 51.3 Å². The van der Waals surface area contributed by atoms with E-state index < -0.39 is 24.0 Å². The van der Waals surface area contributed by atoms with E-state index in [0.29, 0.717) is 0 Å². The van der Waals surface area contributed by atoms with Crippen molar-refractivity contribution in [1.29, 1.82) is 0 Å². The fourth-order valence-electron chi connectivity index (χ4n) is 1.88. The van der Waals surface area contributed by atoms with E-state index in [1.807, 2.05) is 32.0 Å². The van der Waals surface area contributed by atoms with Crippen molar-refractivity contribution in [3.05, 3.63) is 34.9 Å². The van der Waals surface area contributed by atoms with Gasteiger partial charge in [0.05, 0.1) is 6.42 Å².